The molecule has 1 saturated heterocycles. The maximum absolute atomic E-state index is 13.0. The van der Waals surface area contributed by atoms with Crippen LogP contribution in [0.4, 0.5) is 4.79 Å². The van der Waals surface area contributed by atoms with Crippen molar-refractivity contribution in [1.29, 1.82) is 0 Å². The summed E-state index contributed by atoms with van der Waals surface area (Å²) in [4.78, 5) is 51.3. The summed E-state index contributed by atoms with van der Waals surface area (Å²) in [5.41, 5.74) is 0.00537. The Morgan fingerprint density at radius 2 is 1.81 bits per heavy atom. The number of likely N-dealkylation sites (N-methyl/N-ethyl adjacent to an activating group) is 1. The van der Waals surface area contributed by atoms with Gasteiger partial charge in [-0.25, -0.2) is 4.79 Å². The molecule has 0 radical (unpaired) electrons. The first-order chi connectivity index (χ1) is 15.1. The summed E-state index contributed by atoms with van der Waals surface area (Å²) < 4.78 is 5.41. The minimum Gasteiger partial charge on any atom is -0.444 e. The van der Waals surface area contributed by atoms with Crippen LogP contribution in [0.15, 0.2) is 36.0 Å². The van der Waals surface area contributed by atoms with E-state index in [-0.39, 0.29) is 18.1 Å². The largest absolute Gasteiger partial charge is 0.444 e. The lowest BCUT2D eigenvalue weighted by Crippen LogP contribution is -2.49. The van der Waals surface area contributed by atoms with Gasteiger partial charge in [-0.05, 0) is 52.2 Å². The van der Waals surface area contributed by atoms with Crippen LogP contribution in [0.3, 0.4) is 0 Å². The van der Waals surface area contributed by atoms with Crippen molar-refractivity contribution in [2.45, 2.75) is 52.2 Å². The van der Waals surface area contributed by atoms with Gasteiger partial charge < -0.3 is 20.7 Å². The van der Waals surface area contributed by atoms with Gasteiger partial charge in [0, 0.05) is 13.1 Å². The minimum atomic E-state index is -0.750. The molecule has 1 aliphatic heterocycles. The molecule has 0 bridgehead atoms. The molecule has 3 N–H and O–H groups in total. The van der Waals surface area contributed by atoms with E-state index in [4.69, 9.17) is 4.74 Å². The third-order valence-corrected chi connectivity index (χ3v) is 4.58. The van der Waals surface area contributed by atoms with E-state index < -0.39 is 29.6 Å². The Bertz CT molecular complexity index is 861. The van der Waals surface area contributed by atoms with Gasteiger partial charge in [-0.1, -0.05) is 30.3 Å². The lowest BCUT2D eigenvalue weighted by Gasteiger charge is -2.28. The molecule has 4 amide bonds. The van der Waals surface area contributed by atoms with Gasteiger partial charge in [0.2, 0.25) is 11.8 Å². The monoisotopic (exact) mass is 444 g/mol. The van der Waals surface area contributed by atoms with E-state index in [0.717, 1.165) is 0 Å². The molecule has 1 aromatic carbocycles. The molecule has 32 heavy (non-hydrogen) atoms. The fourth-order valence-electron chi connectivity index (χ4n) is 3.18. The molecular formula is C23H32N4O5. The SMILES string of the molecule is CCNC(=O)CNC(=O)/C(=C/c1ccccc1)NC(=O)[C@@H]1CCCN1C(=O)OC(C)(C)C. The number of nitrogens with zero attached hydrogens (tertiary/aromatic N) is 1. The molecule has 1 heterocycles. The summed E-state index contributed by atoms with van der Waals surface area (Å²) in [7, 11) is 0. The number of carbonyl (C=O) groups excluding carboxylic acids is 4. The zero-order chi connectivity index (χ0) is 23.7. The molecule has 1 aliphatic rings. The van der Waals surface area contributed by atoms with E-state index in [2.05, 4.69) is 16.0 Å². The van der Waals surface area contributed by atoms with Crippen LogP contribution < -0.4 is 16.0 Å². The van der Waals surface area contributed by atoms with E-state index in [1.165, 1.54) is 11.0 Å². The molecule has 0 aromatic heterocycles. The van der Waals surface area contributed by atoms with Crippen LogP contribution in [0.25, 0.3) is 6.08 Å². The molecule has 1 fully saturated rings. The van der Waals surface area contributed by atoms with Crippen LogP contribution in [0, 0.1) is 0 Å². The smallest absolute Gasteiger partial charge is 0.410 e. The average molecular weight is 445 g/mol. The zero-order valence-electron chi connectivity index (χ0n) is 19.1. The first-order valence-corrected chi connectivity index (χ1v) is 10.7. The quantitative estimate of drug-likeness (QED) is 0.555. The number of nitrogens with one attached hydrogen (secondary N) is 3. The fourth-order valence-corrected chi connectivity index (χ4v) is 3.18. The fraction of sp³-hybridized carbons (Fsp3) is 0.478. The summed E-state index contributed by atoms with van der Waals surface area (Å²) in [5, 5.41) is 7.74. The van der Waals surface area contributed by atoms with Gasteiger partial charge in [-0.15, -0.1) is 0 Å². The van der Waals surface area contributed by atoms with Gasteiger partial charge in [0.25, 0.3) is 5.91 Å². The van der Waals surface area contributed by atoms with Gasteiger partial charge in [0.05, 0.1) is 6.54 Å². The molecule has 0 aliphatic carbocycles. The van der Waals surface area contributed by atoms with Gasteiger partial charge in [0.15, 0.2) is 0 Å². The highest BCUT2D eigenvalue weighted by atomic mass is 16.6. The predicted molar refractivity (Wildman–Crippen MR) is 120 cm³/mol. The second kappa shape index (κ2) is 11.3. The molecule has 1 aromatic rings. The Morgan fingerprint density at radius 3 is 2.44 bits per heavy atom. The number of hydrogen-bond acceptors (Lipinski definition) is 5. The Morgan fingerprint density at radius 1 is 1.12 bits per heavy atom. The van der Waals surface area contributed by atoms with Crippen LogP contribution in [-0.2, 0) is 19.1 Å². The normalized spacial score (nSPS) is 16.3. The van der Waals surface area contributed by atoms with Crippen molar-refractivity contribution in [3.8, 4) is 0 Å². The number of likely N-dealkylation sites (tertiary alicyclic amines) is 1. The molecule has 9 heteroatoms. The van der Waals surface area contributed by atoms with Gasteiger partial charge >= 0.3 is 6.09 Å². The molecule has 1 atom stereocenters. The summed E-state index contributed by atoms with van der Waals surface area (Å²) >= 11 is 0. The lowest BCUT2D eigenvalue weighted by atomic mass is 10.1. The van der Waals surface area contributed by atoms with Crippen molar-refractivity contribution in [3.05, 3.63) is 41.6 Å². The molecule has 9 nitrogen and oxygen atoms in total. The van der Waals surface area contributed by atoms with Crippen LogP contribution in [0.5, 0.6) is 0 Å². The number of hydrogen-bond donors (Lipinski definition) is 3. The molecule has 0 unspecified atom stereocenters. The highest BCUT2D eigenvalue weighted by molar-refractivity contribution is 6.03. The molecule has 0 saturated carbocycles. The highest BCUT2D eigenvalue weighted by Gasteiger charge is 2.37. The first-order valence-electron chi connectivity index (χ1n) is 10.7. The average Bonchev–Trinajstić information content (AvgIpc) is 3.21. The Labute approximate surface area is 188 Å². The van der Waals surface area contributed by atoms with Gasteiger partial charge in [-0.2, -0.15) is 0 Å². The number of benzene rings is 1. The van der Waals surface area contributed by atoms with Crippen molar-refractivity contribution in [1.82, 2.24) is 20.9 Å². The van der Waals surface area contributed by atoms with E-state index in [1.807, 2.05) is 6.07 Å². The number of ether oxygens (including phenoxy) is 1. The van der Waals surface area contributed by atoms with E-state index in [9.17, 15) is 19.2 Å². The first kappa shape index (κ1) is 24.9. The summed E-state index contributed by atoms with van der Waals surface area (Å²) in [6.45, 7) is 7.68. The van der Waals surface area contributed by atoms with Crippen LogP contribution in [0.2, 0.25) is 0 Å². The van der Waals surface area contributed by atoms with Crippen molar-refractivity contribution in [2.24, 2.45) is 0 Å². The Hall–Kier alpha value is -3.36. The van der Waals surface area contributed by atoms with E-state index >= 15 is 0 Å². The maximum atomic E-state index is 13.0. The van der Waals surface area contributed by atoms with Crippen molar-refractivity contribution < 1.29 is 23.9 Å². The van der Waals surface area contributed by atoms with Crippen LogP contribution >= 0.6 is 0 Å². The Kier molecular flexibility index (Phi) is 8.80. The van der Waals surface area contributed by atoms with Crippen LogP contribution in [0.1, 0.15) is 46.1 Å². The number of amides is 4. The minimum absolute atomic E-state index is 0.0125. The Balaban J connectivity index is 2.16. The maximum Gasteiger partial charge on any atom is 0.410 e. The summed E-state index contributed by atoms with van der Waals surface area (Å²) in [5.74, 6) is -1.42. The molecule has 174 valence electrons. The predicted octanol–water partition coefficient (Wildman–Crippen LogP) is 1.80. The van der Waals surface area contributed by atoms with Gasteiger partial charge in [0.1, 0.15) is 17.3 Å². The molecule has 2 rings (SSSR count). The topological polar surface area (TPSA) is 117 Å². The van der Waals surface area contributed by atoms with Crippen LogP contribution in [-0.4, -0.2) is 60.0 Å². The van der Waals surface area contributed by atoms with E-state index in [1.54, 1.807) is 52.0 Å². The second-order valence-electron chi connectivity index (χ2n) is 8.43. The lowest BCUT2D eigenvalue weighted by molar-refractivity contribution is -0.127. The highest BCUT2D eigenvalue weighted by Crippen LogP contribution is 2.21. The number of rotatable bonds is 7. The number of carbonyl (C=O) groups is 4. The van der Waals surface area contributed by atoms with Crippen molar-refractivity contribution in [2.75, 3.05) is 19.6 Å². The second-order valence-corrected chi connectivity index (χ2v) is 8.43. The third-order valence-electron chi connectivity index (χ3n) is 4.58. The standard InChI is InChI=1S/C23H32N4O5/c1-5-24-19(28)15-25-20(29)17(14-16-10-7-6-8-11-16)26-21(30)18-12-9-13-27(18)22(31)32-23(2,3)4/h6-8,10-11,14,18H,5,9,12-13,15H2,1-4H3,(H,24,28)(H,25,29)(H,26,30)/b17-14-/t18-/m0/s1. The summed E-state index contributed by atoms with van der Waals surface area (Å²) in [6, 6.07) is 8.26. The van der Waals surface area contributed by atoms with Crippen molar-refractivity contribution in [3.63, 3.8) is 0 Å². The van der Waals surface area contributed by atoms with Gasteiger partial charge in [-0.3, -0.25) is 19.3 Å². The summed E-state index contributed by atoms with van der Waals surface area (Å²) in [6.07, 6.45) is 2.07. The zero-order valence-corrected chi connectivity index (χ0v) is 19.1. The van der Waals surface area contributed by atoms with E-state index in [0.29, 0.717) is 31.5 Å². The van der Waals surface area contributed by atoms with Crippen molar-refractivity contribution >= 4 is 29.9 Å². The third kappa shape index (κ3) is 7.72. The molecule has 0 spiro atoms. The molecular weight excluding hydrogens is 412 g/mol.